The number of carbonyl (C=O) groups excluding carboxylic acids is 3. The lowest BCUT2D eigenvalue weighted by molar-refractivity contribution is -0.204. The molecule has 1 amide bonds. The lowest BCUT2D eigenvalue weighted by Gasteiger charge is -2.48. The van der Waals surface area contributed by atoms with Crippen LogP contribution in [0.3, 0.4) is 0 Å². The molecule has 46 heavy (non-hydrogen) atoms. The van der Waals surface area contributed by atoms with Crippen LogP contribution < -0.4 is 0 Å². The van der Waals surface area contributed by atoms with Crippen LogP contribution in [0.5, 0.6) is 0 Å². The second-order valence-corrected chi connectivity index (χ2v) is 16.6. The summed E-state index contributed by atoms with van der Waals surface area (Å²) in [6.07, 6.45) is -1.15. The molecule has 262 valence electrons. The Kier molecular flexibility index (Phi) is 11.1. The number of aliphatic hydroxyl groups excluding tert-OH is 1. The summed E-state index contributed by atoms with van der Waals surface area (Å²) in [6.45, 7) is 16.0. The minimum absolute atomic E-state index is 0.108. The minimum atomic E-state index is -1.73. The zero-order valence-electron chi connectivity index (χ0n) is 29.5. The van der Waals surface area contributed by atoms with Crippen LogP contribution in [-0.2, 0) is 28.5 Å². The first-order valence-electron chi connectivity index (χ1n) is 16.9. The molecule has 0 spiro atoms. The van der Waals surface area contributed by atoms with E-state index in [9.17, 15) is 19.5 Å². The van der Waals surface area contributed by atoms with Gasteiger partial charge in [0.1, 0.15) is 6.10 Å². The number of carbonyl (C=O) groups is 3. The number of ketones is 1. The average molecular weight is 715 g/mol. The molecule has 1 N–H and O–H groups in total. The van der Waals surface area contributed by atoms with Gasteiger partial charge in [-0.1, -0.05) is 50.5 Å². The number of ether oxygens (including phenoxy) is 4. The molecular formula is C34H56BrN3O8. The van der Waals surface area contributed by atoms with E-state index in [1.54, 1.807) is 18.9 Å². The summed E-state index contributed by atoms with van der Waals surface area (Å²) in [7, 11) is 5.51. The molecule has 1 saturated carbocycles. The SMILES string of the molecule is CC[C@H]1OC(=O)C(C)(Br)C(=O)[C@H](C)[C@@H](O[C@@H]2C[C@H](C)C[C@H](N(C)C)[C@H]2O)[C@@](C)(OC)C[C@@H](C)C2=NCCN3C(=O)O[C@@]1(C)[C@H]3[C@H]2C. The number of cyclic esters (lactones) is 1. The molecule has 0 aromatic rings. The molecule has 2 saturated heterocycles. The quantitative estimate of drug-likeness (QED) is 0.253. The maximum Gasteiger partial charge on any atom is 0.410 e. The molecule has 1 unspecified atom stereocenters. The van der Waals surface area contributed by atoms with Gasteiger partial charge in [0.15, 0.2) is 15.7 Å². The van der Waals surface area contributed by atoms with E-state index in [0.717, 1.165) is 12.1 Å². The smallest absolute Gasteiger partial charge is 0.410 e. The summed E-state index contributed by atoms with van der Waals surface area (Å²) in [5, 5.41) is 11.5. The molecule has 12 heteroatoms. The van der Waals surface area contributed by atoms with Crippen molar-refractivity contribution >= 4 is 39.5 Å². The number of amides is 1. The number of nitrogens with zero attached hydrogens (tertiary/aromatic N) is 3. The Balaban J connectivity index is 1.84. The zero-order chi connectivity index (χ0) is 34.5. The van der Waals surface area contributed by atoms with Crippen LogP contribution in [0.25, 0.3) is 0 Å². The number of methoxy groups -OCH3 is 1. The Hall–Kier alpha value is -1.60. The average Bonchev–Trinajstić information content (AvgIpc) is 3.11. The van der Waals surface area contributed by atoms with Crippen molar-refractivity contribution < 1.29 is 38.4 Å². The van der Waals surface area contributed by atoms with Crippen LogP contribution >= 0.6 is 15.9 Å². The molecule has 4 rings (SSSR count). The first kappa shape index (κ1) is 37.2. The number of Topliss-reactive ketones (excluding diaryl/α,β-unsaturated/α-hetero) is 1. The highest BCUT2D eigenvalue weighted by Gasteiger charge is 2.61. The van der Waals surface area contributed by atoms with Gasteiger partial charge in [-0.2, -0.15) is 0 Å². The molecule has 0 aromatic carbocycles. The molecular weight excluding hydrogens is 658 g/mol. The summed E-state index contributed by atoms with van der Waals surface area (Å²) in [6, 6.07) is -0.550. The number of aliphatic hydroxyl groups is 1. The van der Waals surface area contributed by atoms with Crippen molar-refractivity contribution in [1.82, 2.24) is 9.80 Å². The van der Waals surface area contributed by atoms with E-state index in [0.29, 0.717) is 32.4 Å². The lowest BCUT2D eigenvalue weighted by Crippen LogP contribution is -2.61. The molecule has 4 aliphatic rings. The monoisotopic (exact) mass is 713 g/mol. The van der Waals surface area contributed by atoms with Gasteiger partial charge in [0.2, 0.25) is 0 Å². The van der Waals surface area contributed by atoms with Gasteiger partial charge in [0.05, 0.1) is 36.5 Å². The number of aliphatic imine (C=N–C) groups is 1. The first-order chi connectivity index (χ1) is 21.3. The molecule has 2 bridgehead atoms. The third-order valence-corrected chi connectivity index (χ3v) is 12.1. The number of halogens is 1. The molecule has 3 heterocycles. The fourth-order valence-electron chi connectivity index (χ4n) is 8.78. The van der Waals surface area contributed by atoms with Crippen LogP contribution in [0.15, 0.2) is 4.99 Å². The summed E-state index contributed by atoms with van der Waals surface area (Å²) in [5.74, 6) is -2.08. The van der Waals surface area contributed by atoms with Gasteiger partial charge in [-0.25, -0.2) is 4.79 Å². The Labute approximate surface area is 283 Å². The van der Waals surface area contributed by atoms with E-state index in [-0.39, 0.29) is 23.8 Å². The number of rotatable bonds is 5. The van der Waals surface area contributed by atoms with Crippen molar-refractivity contribution in [2.24, 2.45) is 28.7 Å². The zero-order valence-corrected chi connectivity index (χ0v) is 31.1. The number of hydrogen-bond acceptors (Lipinski definition) is 10. The molecule has 0 radical (unpaired) electrons. The largest absolute Gasteiger partial charge is 0.457 e. The number of alkyl halides is 1. The maximum absolute atomic E-state index is 14.4. The Morgan fingerprint density at radius 1 is 1.09 bits per heavy atom. The van der Waals surface area contributed by atoms with E-state index in [4.69, 9.17) is 23.9 Å². The van der Waals surface area contributed by atoms with Crippen LogP contribution in [0.1, 0.15) is 81.1 Å². The second-order valence-electron chi connectivity index (χ2n) is 15.1. The van der Waals surface area contributed by atoms with E-state index < -0.39 is 69.7 Å². The summed E-state index contributed by atoms with van der Waals surface area (Å²) in [5.41, 5.74) is -1.27. The summed E-state index contributed by atoms with van der Waals surface area (Å²) < 4.78 is 23.7. The van der Waals surface area contributed by atoms with Crippen molar-refractivity contribution in [3.8, 4) is 0 Å². The van der Waals surface area contributed by atoms with Gasteiger partial charge in [-0.3, -0.25) is 19.5 Å². The maximum atomic E-state index is 14.4. The van der Waals surface area contributed by atoms with E-state index in [1.165, 1.54) is 6.92 Å². The number of likely N-dealkylation sites (N-methyl/N-ethyl adjacent to an activating group) is 1. The predicted octanol–water partition coefficient (Wildman–Crippen LogP) is 4.26. The number of hydrogen-bond donors (Lipinski definition) is 1. The molecule has 11 nitrogen and oxygen atoms in total. The van der Waals surface area contributed by atoms with E-state index >= 15 is 0 Å². The van der Waals surface area contributed by atoms with Gasteiger partial charge in [0, 0.05) is 37.2 Å². The van der Waals surface area contributed by atoms with Crippen LogP contribution in [0, 0.1) is 23.7 Å². The highest BCUT2D eigenvalue weighted by atomic mass is 79.9. The molecule has 0 aromatic heterocycles. The molecule has 3 fully saturated rings. The molecule has 3 aliphatic heterocycles. The van der Waals surface area contributed by atoms with Gasteiger partial charge in [-0.15, -0.1) is 0 Å². The lowest BCUT2D eigenvalue weighted by atomic mass is 9.73. The van der Waals surface area contributed by atoms with Gasteiger partial charge in [0.25, 0.3) is 0 Å². The van der Waals surface area contributed by atoms with Gasteiger partial charge >= 0.3 is 12.1 Å². The number of fused-ring (bicyclic) bond motifs is 1. The fraction of sp³-hybridized carbons (Fsp3) is 0.882. The first-order valence-corrected chi connectivity index (χ1v) is 17.7. The van der Waals surface area contributed by atoms with Crippen molar-refractivity contribution in [2.45, 2.75) is 133 Å². The Morgan fingerprint density at radius 3 is 2.33 bits per heavy atom. The fourth-order valence-corrected chi connectivity index (χ4v) is 9.24. The summed E-state index contributed by atoms with van der Waals surface area (Å²) >= 11 is 3.46. The number of esters is 1. The third-order valence-electron chi connectivity index (χ3n) is 11.3. The molecule has 13 atom stereocenters. The highest BCUT2D eigenvalue weighted by Crippen LogP contribution is 2.45. The highest BCUT2D eigenvalue weighted by molar-refractivity contribution is 9.10. The summed E-state index contributed by atoms with van der Waals surface area (Å²) in [4.78, 5) is 50.4. The molecule has 1 aliphatic carbocycles. The van der Waals surface area contributed by atoms with Gasteiger partial charge < -0.3 is 29.0 Å². The third kappa shape index (κ3) is 6.54. The normalized spacial score (nSPS) is 45.9. The van der Waals surface area contributed by atoms with Crippen LogP contribution in [0.2, 0.25) is 0 Å². The van der Waals surface area contributed by atoms with Crippen molar-refractivity contribution in [1.29, 1.82) is 0 Å². The topological polar surface area (TPSA) is 127 Å². The van der Waals surface area contributed by atoms with Gasteiger partial charge in [-0.05, 0) is 72.4 Å². The van der Waals surface area contributed by atoms with Crippen LogP contribution in [-0.4, -0.2) is 125 Å². The second kappa shape index (κ2) is 13.7. The predicted molar refractivity (Wildman–Crippen MR) is 178 cm³/mol. The van der Waals surface area contributed by atoms with Crippen molar-refractivity contribution in [2.75, 3.05) is 34.3 Å². The van der Waals surface area contributed by atoms with Crippen molar-refractivity contribution in [3.05, 3.63) is 0 Å². The Bertz CT molecular complexity index is 1200. The van der Waals surface area contributed by atoms with E-state index in [2.05, 4.69) is 36.7 Å². The van der Waals surface area contributed by atoms with Crippen LogP contribution in [0.4, 0.5) is 4.79 Å². The minimum Gasteiger partial charge on any atom is -0.457 e. The van der Waals surface area contributed by atoms with Crippen molar-refractivity contribution in [3.63, 3.8) is 0 Å². The standard InChI is InChI=1S/C34H56BrN3O8/c1-12-24-34(8)27-20(4)25(36-13-14-38(27)31(42)46-34)19(3)17-32(6,43-11)29(21(5)28(40)33(7,35)30(41)45-24)44-23-16-18(2)15-22(26(23)39)37(9)10/h18-24,26-27,29,39H,12-17H2,1-11H3/t18-,19-,20+,21+,22+,23-,24-,26-,27-,29-,32+,33?,34-/m1/s1. The Morgan fingerprint density at radius 2 is 1.74 bits per heavy atom. The van der Waals surface area contributed by atoms with E-state index in [1.807, 2.05) is 39.8 Å².